The molecule has 1 atom stereocenters. The van der Waals surface area contributed by atoms with Gasteiger partial charge >= 0.3 is 0 Å². The zero-order chi connectivity index (χ0) is 13.2. The van der Waals surface area contributed by atoms with Gasteiger partial charge in [-0.1, -0.05) is 39.3 Å². The number of hydrogen-bond acceptors (Lipinski definition) is 1. The Bertz CT molecular complexity index is 399. The second-order valence-electron chi connectivity index (χ2n) is 5.14. The Labute approximate surface area is 106 Å². The lowest BCUT2D eigenvalue weighted by Crippen LogP contribution is -2.33. The van der Waals surface area contributed by atoms with Crippen LogP contribution in [0.5, 0.6) is 0 Å². The van der Waals surface area contributed by atoms with Gasteiger partial charge in [-0.2, -0.15) is 0 Å². The maximum atomic E-state index is 13.8. The van der Waals surface area contributed by atoms with E-state index in [0.717, 1.165) is 6.07 Å². The van der Waals surface area contributed by atoms with E-state index in [-0.39, 0.29) is 16.5 Å². The minimum atomic E-state index is -0.588. The predicted molar refractivity (Wildman–Crippen MR) is 67.2 cm³/mol. The fraction of sp³-hybridized carbons (Fsp3) is 0.538. The minimum Gasteiger partial charge on any atom is -0.310 e. The molecule has 0 aliphatic carbocycles. The molecule has 96 valence electrons. The largest absolute Gasteiger partial charge is 0.310 e. The molecule has 0 aliphatic rings. The number of hydrogen-bond donors (Lipinski definition) is 1. The van der Waals surface area contributed by atoms with Gasteiger partial charge in [0.05, 0.1) is 5.02 Å². The monoisotopic (exact) mass is 261 g/mol. The second kappa shape index (κ2) is 5.32. The zero-order valence-electron chi connectivity index (χ0n) is 10.6. The van der Waals surface area contributed by atoms with Gasteiger partial charge in [0.25, 0.3) is 0 Å². The highest BCUT2D eigenvalue weighted by molar-refractivity contribution is 6.30. The fourth-order valence-corrected chi connectivity index (χ4v) is 2.00. The van der Waals surface area contributed by atoms with Crippen LogP contribution in [0.2, 0.25) is 5.02 Å². The lowest BCUT2D eigenvalue weighted by Gasteiger charge is -2.32. The summed E-state index contributed by atoms with van der Waals surface area (Å²) in [6.45, 7) is 8.55. The van der Waals surface area contributed by atoms with Gasteiger partial charge in [-0.25, -0.2) is 8.78 Å². The summed E-state index contributed by atoms with van der Waals surface area (Å²) < 4.78 is 27.3. The normalized spacial score (nSPS) is 13.8. The first-order chi connectivity index (χ1) is 7.77. The molecule has 0 radical (unpaired) electrons. The Morgan fingerprint density at radius 2 is 1.82 bits per heavy atom. The second-order valence-corrected chi connectivity index (χ2v) is 5.55. The third-order valence-electron chi connectivity index (χ3n) is 2.62. The number of rotatable bonds is 3. The van der Waals surface area contributed by atoms with E-state index in [0.29, 0.717) is 12.1 Å². The van der Waals surface area contributed by atoms with Gasteiger partial charge in [-0.3, -0.25) is 0 Å². The molecule has 0 fully saturated rings. The van der Waals surface area contributed by atoms with Gasteiger partial charge in [0, 0.05) is 11.6 Å². The Hall–Kier alpha value is -0.670. The quantitative estimate of drug-likeness (QED) is 0.800. The minimum absolute atomic E-state index is 0.185. The molecule has 4 heteroatoms. The van der Waals surface area contributed by atoms with Gasteiger partial charge < -0.3 is 5.32 Å². The molecule has 17 heavy (non-hydrogen) atoms. The van der Waals surface area contributed by atoms with Gasteiger partial charge in [-0.05, 0) is 24.1 Å². The number of halogens is 3. The predicted octanol–water partition coefficient (Wildman–Crippen LogP) is 4.31. The summed E-state index contributed by atoms with van der Waals surface area (Å²) in [6, 6.07) is 1.96. The third-order valence-corrected chi connectivity index (χ3v) is 2.91. The van der Waals surface area contributed by atoms with Crippen molar-refractivity contribution in [3.63, 3.8) is 0 Å². The van der Waals surface area contributed by atoms with Crippen molar-refractivity contribution in [1.29, 1.82) is 0 Å². The van der Waals surface area contributed by atoms with Crippen LogP contribution < -0.4 is 5.32 Å². The average Bonchev–Trinajstić information content (AvgIpc) is 2.19. The summed E-state index contributed by atoms with van der Waals surface area (Å²) in [6.07, 6.45) is 0. The van der Waals surface area contributed by atoms with Crippen molar-refractivity contribution >= 4 is 11.6 Å². The summed E-state index contributed by atoms with van der Waals surface area (Å²) in [7, 11) is 0. The topological polar surface area (TPSA) is 12.0 Å². The van der Waals surface area contributed by atoms with Crippen LogP contribution in [-0.4, -0.2) is 6.54 Å². The van der Waals surface area contributed by atoms with Crippen molar-refractivity contribution < 1.29 is 8.78 Å². The van der Waals surface area contributed by atoms with Crippen molar-refractivity contribution in [2.75, 3.05) is 6.54 Å². The summed E-state index contributed by atoms with van der Waals surface area (Å²) in [5.74, 6) is -1.06. The maximum Gasteiger partial charge on any atom is 0.142 e. The molecule has 0 spiro atoms. The number of benzene rings is 1. The Morgan fingerprint density at radius 1 is 1.24 bits per heavy atom. The molecule has 0 aromatic heterocycles. The van der Waals surface area contributed by atoms with Crippen molar-refractivity contribution in [3.05, 3.63) is 34.4 Å². The molecule has 1 N–H and O–H groups in total. The molecule has 0 saturated carbocycles. The van der Waals surface area contributed by atoms with E-state index in [2.05, 4.69) is 5.32 Å². The van der Waals surface area contributed by atoms with Gasteiger partial charge in [-0.15, -0.1) is 0 Å². The van der Waals surface area contributed by atoms with E-state index in [1.807, 2.05) is 27.7 Å². The highest BCUT2D eigenvalue weighted by atomic mass is 35.5. The molecule has 1 unspecified atom stereocenters. The highest BCUT2D eigenvalue weighted by Crippen LogP contribution is 2.35. The van der Waals surface area contributed by atoms with Crippen LogP contribution in [0.4, 0.5) is 8.78 Å². The van der Waals surface area contributed by atoms with Crippen LogP contribution in [-0.2, 0) is 0 Å². The summed E-state index contributed by atoms with van der Waals surface area (Å²) >= 11 is 5.55. The van der Waals surface area contributed by atoms with Crippen molar-refractivity contribution in [2.45, 2.75) is 33.7 Å². The fourth-order valence-electron chi connectivity index (χ4n) is 1.85. The molecule has 1 aromatic carbocycles. The average molecular weight is 262 g/mol. The third kappa shape index (κ3) is 3.39. The summed E-state index contributed by atoms with van der Waals surface area (Å²) in [5.41, 5.74) is 0.109. The molecule has 0 heterocycles. The van der Waals surface area contributed by atoms with E-state index >= 15 is 0 Å². The maximum absolute atomic E-state index is 13.8. The molecular weight excluding hydrogens is 244 g/mol. The zero-order valence-corrected chi connectivity index (χ0v) is 11.3. The molecule has 1 rings (SSSR count). The smallest absolute Gasteiger partial charge is 0.142 e. The van der Waals surface area contributed by atoms with E-state index in [1.54, 1.807) is 0 Å². The highest BCUT2D eigenvalue weighted by Gasteiger charge is 2.28. The van der Waals surface area contributed by atoms with Crippen LogP contribution in [0.3, 0.4) is 0 Å². The number of nitrogens with one attached hydrogen (secondary N) is 1. The van der Waals surface area contributed by atoms with Crippen LogP contribution in [0.1, 0.15) is 39.3 Å². The molecule has 0 bridgehead atoms. The first-order valence-electron chi connectivity index (χ1n) is 5.65. The Morgan fingerprint density at radius 3 is 2.29 bits per heavy atom. The van der Waals surface area contributed by atoms with Gasteiger partial charge in [0.2, 0.25) is 0 Å². The van der Waals surface area contributed by atoms with Crippen LogP contribution in [0.25, 0.3) is 0 Å². The lowest BCUT2D eigenvalue weighted by atomic mass is 9.82. The Balaban J connectivity index is 3.23. The van der Waals surface area contributed by atoms with Crippen molar-refractivity contribution in [2.24, 2.45) is 5.41 Å². The van der Waals surface area contributed by atoms with E-state index in [4.69, 9.17) is 11.6 Å². The van der Waals surface area contributed by atoms with Crippen LogP contribution in [0.15, 0.2) is 12.1 Å². The van der Waals surface area contributed by atoms with E-state index < -0.39 is 11.6 Å². The van der Waals surface area contributed by atoms with Gasteiger partial charge in [0.15, 0.2) is 0 Å². The van der Waals surface area contributed by atoms with Crippen molar-refractivity contribution in [3.8, 4) is 0 Å². The SMILES string of the molecule is CCNC(c1cc(F)c(Cl)cc1F)C(C)(C)C. The molecule has 1 aromatic rings. The first-order valence-corrected chi connectivity index (χ1v) is 6.03. The van der Waals surface area contributed by atoms with Crippen molar-refractivity contribution in [1.82, 2.24) is 5.32 Å². The first kappa shape index (κ1) is 14.4. The van der Waals surface area contributed by atoms with E-state index in [9.17, 15) is 8.78 Å². The standard InChI is InChI=1S/C13H18ClF2N/c1-5-17-12(13(2,3)4)8-6-11(16)9(14)7-10(8)15/h6-7,12,17H,5H2,1-4H3. The molecule has 1 nitrogen and oxygen atoms in total. The summed E-state index contributed by atoms with van der Waals surface area (Å²) in [4.78, 5) is 0. The lowest BCUT2D eigenvalue weighted by molar-refractivity contribution is 0.269. The van der Waals surface area contributed by atoms with Crippen LogP contribution in [0, 0.1) is 17.0 Å². The van der Waals surface area contributed by atoms with Crippen LogP contribution >= 0.6 is 11.6 Å². The Kier molecular flexibility index (Phi) is 4.50. The molecule has 0 saturated heterocycles. The molecule has 0 amide bonds. The van der Waals surface area contributed by atoms with Gasteiger partial charge in [0.1, 0.15) is 11.6 Å². The summed E-state index contributed by atoms with van der Waals surface area (Å²) in [5, 5.41) is 2.99. The molecular formula is C13H18ClF2N. The molecule has 0 aliphatic heterocycles. The van der Waals surface area contributed by atoms with E-state index in [1.165, 1.54) is 6.07 Å².